The molecule has 2 aliphatic heterocycles. The normalized spacial score (nSPS) is 18.0. The van der Waals surface area contributed by atoms with Crippen molar-refractivity contribution in [3.8, 4) is 0 Å². The number of carbonyl (C=O) groups excluding carboxylic acids is 1. The molecule has 3 aromatic rings. The fraction of sp³-hybridized carbons (Fsp3) is 0.306. The highest BCUT2D eigenvalue weighted by Gasteiger charge is 2.27. The van der Waals surface area contributed by atoms with Gasteiger partial charge in [0.15, 0.2) is 5.11 Å². The van der Waals surface area contributed by atoms with E-state index in [1.807, 2.05) is 75.4 Å². The Morgan fingerprint density at radius 3 is 2.44 bits per heavy atom. The van der Waals surface area contributed by atoms with Gasteiger partial charge in [-0.25, -0.2) is 4.99 Å². The third kappa shape index (κ3) is 9.93. The van der Waals surface area contributed by atoms with E-state index < -0.39 is 0 Å². The predicted octanol–water partition coefficient (Wildman–Crippen LogP) is 8.44. The Bertz CT molecular complexity index is 1530. The molecule has 5 rings (SSSR count). The van der Waals surface area contributed by atoms with Crippen LogP contribution in [0, 0.1) is 5.92 Å². The van der Waals surface area contributed by atoms with Crippen LogP contribution < -0.4 is 21.3 Å². The summed E-state index contributed by atoms with van der Waals surface area (Å²) in [5.74, 6) is 0.566. The lowest BCUT2D eigenvalue weighted by molar-refractivity contribution is -0.120. The number of para-hydroxylation sites is 1. The van der Waals surface area contributed by atoms with Crippen LogP contribution in [0.3, 0.4) is 0 Å². The third-order valence-electron chi connectivity index (χ3n) is 7.59. The van der Waals surface area contributed by atoms with Crippen molar-refractivity contribution in [2.75, 3.05) is 34.4 Å². The second-order valence-electron chi connectivity index (χ2n) is 11.1. The molecule has 4 N–H and O–H groups in total. The van der Waals surface area contributed by atoms with Crippen LogP contribution in [0.25, 0.3) is 0 Å². The molecule has 45 heavy (non-hydrogen) atoms. The van der Waals surface area contributed by atoms with E-state index in [-0.39, 0.29) is 18.0 Å². The van der Waals surface area contributed by atoms with Gasteiger partial charge in [-0.15, -0.1) is 6.58 Å². The number of thiocarbonyl (C=S) groups is 1. The van der Waals surface area contributed by atoms with Gasteiger partial charge < -0.3 is 26.2 Å². The number of hydrogen-bond donors (Lipinski definition) is 4. The minimum atomic E-state index is -0.190. The molecule has 1 atom stereocenters. The number of amidine groups is 1. The van der Waals surface area contributed by atoms with Crippen LogP contribution in [0.4, 0.5) is 22.7 Å². The molecule has 0 aliphatic carbocycles. The Hall–Kier alpha value is -4.14. The Morgan fingerprint density at radius 1 is 1.00 bits per heavy atom. The number of likely N-dealkylation sites (tertiary alicyclic amines) is 1. The quantitative estimate of drug-likeness (QED) is 0.169. The summed E-state index contributed by atoms with van der Waals surface area (Å²) < 4.78 is 0. The molecule has 0 radical (unpaired) electrons. The van der Waals surface area contributed by atoms with Gasteiger partial charge in [0.2, 0.25) is 5.91 Å². The molecule has 1 unspecified atom stereocenters. The number of carbonyl (C=O) groups is 1. The van der Waals surface area contributed by atoms with Crippen LogP contribution in [-0.4, -0.2) is 41.0 Å². The van der Waals surface area contributed by atoms with Crippen LogP contribution in [-0.2, 0) is 17.6 Å². The molecule has 1 saturated heterocycles. The van der Waals surface area contributed by atoms with Crippen LogP contribution in [0.15, 0.2) is 102 Å². The van der Waals surface area contributed by atoms with Crippen molar-refractivity contribution in [1.82, 2.24) is 4.90 Å². The van der Waals surface area contributed by atoms with Gasteiger partial charge in [0.05, 0.1) is 5.03 Å². The third-order valence-corrected chi connectivity index (χ3v) is 8.35. The van der Waals surface area contributed by atoms with Gasteiger partial charge in [-0.1, -0.05) is 54.1 Å². The second-order valence-corrected chi connectivity index (χ2v) is 11.9. The molecule has 3 aromatic carbocycles. The fourth-order valence-corrected chi connectivity index (χ4v) is 5.69. The van der Waals surface area contributed by atoms with Gasteiger partial charge >= 0.3 is 0 Å². The van der Waals surface area contributed by atoms with Gasteiger partial charge in [-0.3, -0.25) is 4.79 Å². The van der Waals surface area contributed by atoms with Gasteiger partial charge in [0, 0.05) is 41.8 Å². The average Bonchev–Trinajstić information content (AvgIpc) is 3.05. The maximum absolute atomic E-state index is 13.4. The van der Waals surface area contributed by atoms with E-state index in [1.54, 1.807) is 6.08 Å². The average molecular weight is 643 g/mol. The monoisotopic (exact) mass is 642 g/mol. The Labute approximate surface area is 277 Å². The molecule has 236 valence electrons. The number of amides is 1. The highest BCUT2D eigenvalue weighted by molar-refractivity contribution is 7.80. The number of aliphatic imine (C=N–C) groups is 1. The lowest BCUT2D eigenvalue weighted by Crippen LogP contribution is -2.43. The zero-order valence-corrected chi connectivity index (χ0v) is 27.8. The van der Waals surface area contributed by atoms with Crippen molar-refractivity contribution < 1.29 is 4.79 Å². The Kier molecular flexibility index (Phi) is 12.6. The first-order chi connectivity index (χ1) is 21.8. The summed E-state index contributed by atoms with van der Waals surface area (Å²) in [5, 5.41) is 14.6. The van der Waals surface area contributed by atoms with Crippen LogP contribution in [0.2, 0.25) is 0 Å². The van der Waals surface area contributed by atoms with E-state index in [0.717, 1.165) is 67.1 Å². The van der Waals surface area contributed by atoms with Crippen LogP contribution in [0.5, 0.6) is 0 Å². The number of allylic oxidation sites excluding steroid dienone is 2. The van der Waals surface area contributed by atoms with Crippen molar-refractivity contribution in [2.24, 2.45) is 10.9 Å². The number of hydrogen-bond acceptors (Lipinski definition) is 5. The molecule has 2 aliphatic rings. The van der Waals surface area contributed by atoms with Gasteiger partial charge in [-0.2, -0.15) is 0 Å². The molecule has 4 bridgehead atoms. The fourth-order valence-electron chi connectivity index (χ4n) is 5.29. The van der Waals surface area contributed by atoms with Gasteiger partial charge in [0.1, 0.15) is 12.0 Å². The van der Waals surface area contributed by atoms with E-state index in [1.165, 1.54) is 5.56 Å². The number of rotatable bonds is 4. The number of nitrogens with one attached hydrogen (secondary N) is 4. The maximum atomic E-state index is 13.4. The molecule has 1 amide bonds. The second kappa shape index (κ2) is 16.8. The summed E-state index contributed by atoms with van der Waals surface area (Å²) in [4.78, 5) is 20.4. The molecule has 9 heteroatoms. The maximum Gasteiger partial charge on any atom is 0.227 e. The number of benzene rings is 3. The molecule has 2 heterocycles. The van der Waals surface area contributed by atoms with Crippen LogP contribution >= 0.6 is 23.8 Å². The summed E-state index contributed by atoms with van der Waals surface area (Å²) in [7, 11) is 0. The Balaban J connectivity index is 0.00000148. The van der Waals surface area contributed by atoms with Crippen molar-refractivity contribution in [1.29, 1.82) is 0 Å². The number of nitrogens with zero attached hydrogens (tertiary/aromatic N) is 2. The highest BCUT2D eigenvalue weighted by Crippen LogP contribution is 2.27. The smallest absolute Gasteiger partial charge is 0.227 e. The zero-order valence-electron chi connectivity index (χ0n) is 26.3. The van der Waals surface area contributed by atoms with Crippen molar-refractivity contribution in [3.63, 3.8) is 0 Å². The molecule has 0 saturated carbocycles. The molecule has 0 aromatic heterocycles. The predicted molar refractivity (Wildman–Crippen MR) is 196 cm³/mol. The van der Waals surface area contributed by atoms with Gasteiger partial charge in [0.25, 0.3) is 0 Å². The summed E-state index contributed by atoms with van der Waals surface area (Å²) in [6.07, 6.45) is 6.48. The summed E-state index contributed by atoms with van der Waals surface area (Å²) in [6.45, 7) is 10.6. The first-order valence-corrected chi connectivity index (χ1v) is 16.2. The molecule has 7 nitrogen and oxygen atoms in total. The Morgan fingerprint density at radius 2 is 1.73 bits per heavy atom. The number of halogens is 1. The summed E-state index contributed by atoms with van der Waals surface area (Å²) in [5.41, 5.74) is 5.95. The zero-order chi connectivity index (χ0) is 32.2. The van der Waals surface area contributed by atoms with E-state index in [0.29, 0.717) is 16.0 Å². The summed E-state index contributed by atoms with van der Waals surface area (Å²) in [6, 6.07) is 24.3. The van der Waals surface area contributed by atoms with E-state index in [2.05, 4.69) is 57.0 Å². The van der Waals surface area contributed by atoms with Gasteiger partial charge in [-0.05, 0) is 112 Å². The topological polar surface area (TPSA) is 80.8 Å². The number of piperidine rings is 1. The molecule has 0 spiro atoms. The lowest BCUT2D eigenvalue weighted by atomic mass is 9.95. The molecular weight excluding hydrogens is 600 g/mol. The number of fused-ring (bicyclic) bond motifs is 4. The number of aryl methyl sites for hydroxylation is 2. The SMILES string of the molecule is C/C=C(Cl)\C1=N/C(C)Nc2cccc(c2)CCc2cc(ccc2NC(=O)C2CCN(C(=S)Nc3ccccc3)CC2)N1.C=CC. The number of anilines is 4. The molecular formula is C36H43ClN6OS. The highest BCUT2D eigenvalue weighted by atomic mass is 35.5. The first kappa shape index (κ1) is 33.7. The van der Waals surface area contributed by atoms with E-state index in [9.17, 15) is 4.79 Å². The molecule has 1 fully saturated rings. The summed E-state index contributed by atoms with van der Waals surface area (Å²) >= 11 is 12.2. The largest absolute Gasteiger partial charge is 0.364 e. The van der Waals surface area contributed by atoms with Crippen LogP contribution in [0.1, 0.15) is 44.7 Å². The standard InChI is InChI=1S/C33H37ClN6OS.C3H6/c1-3-29(34)31-36-22(2)35-27-11-7-8-23(20-27)12-13-25-21-28(37-31)14-15-30(25)39-32(41)24-16-18-40(19-17-24)33(42)38-26-9-5-4-6-10-26;1-3-2/h3-11,14-15,20-22,24,35H,12-13,16-19H2,1-2H3,(H,36,37)(H,38,42)(H,39,41);3H,1H2,2H3/b29-3+;. The lowest BCUT2D eigenvalue weighted by Gasteiger charge is -2.33. The van der Waals surface area contributed by atoms with Crippen molar-refractivity contribution in [3.05, 3.63) is 108 Å². The first-order valence-electron chi connectivity index (χ1n) is 15.4. The van der Waals surface area contributed by atoms with E-state index in [4.69, 9.17) is 28.8 Å². The minimum Gasteiger partial charge on any atom is -0.364 e. The van der Waals surface area contributed by atoms with Crippen molar-refractivity contribution >= 4 is 63.4 Å². The van der Waals surface area contributed by atoms with Crippen molar-refractivity contribution in [2.45, 2.75) is 52.6 Å². The van der Waals surface area contributed by atoms with E-state index >= 15 is 0 Å². The minimum absolute atomic E-state index is 0.0516.